The molecule has 0 aliphatic carbocycles. The SMILES string of the molecule is O=[N+]([O-])c1ccc(N=Nc2ccc(O)cc2F)cc1. The van der Waals surface area contributed by atoms with Gasteiger partial charge in [0.25, 0.3) is 5.69 Å². The molecule has 0 spiro atoms. The normalized spacial score (nSPS) is 10.8. The number of aromatic hydroxyl groups is 1. The minimum absolute atomic E-state index is 0.0313. The van der Waals surface area contributed by atoms with Crippen LogP contribution >= 0.6 is 0 Å². The summed E-state index contributed by atoms with van der Waals surface area (Å²) in [5.74, 6) is -0.905. The Bertz CT molecular complexity index is 641. The number of benzene rings is 2. The molecule has 2 rings (SSSR count). The molecule has 0 fully saturated rings. The fourth-order valence-electron chi connectivity index (χ4n) is 1.33. The van der Waals surface area contributed by atoms with Crippen molar-refractivity contribution in [1.82, 2.24) is 0 Å². The molecule has 0 heterocycles. The van der Waals surface area contributed by atoms with Crippen molar-refractivity contribution in [2.45, 2.75) is 0 Å². The first-order valence-corrected chi connectivity index (χ1v) is 5.21. The molecule has 0 bridgehead atoms. The van der Waals surface area contributed by atoms with Gasteiger partial charge in [0.05, 0.1) is 10.6 Å². The Kier molecular flexibility index (Phi) is 3.46. The third-order valence-corrected chi connectivity index (χ3v) is 2.26. The molecule has 7 heteroatoms. The molecular formula is C12H8FN3O3. The number of hydrogen-bond donors (Lipinski definition) is 1. The fraction of sp³-hybridized carbons (Fsp3) is 0. The molecule has 0 aliphatic heterocycles. The fourth-order valence-corrected chi connectivity index (χ4v) is 1.33. The molecule has 0 saturated heterocycles. The third kappa shape index (κ3) is 3.09. The highest BCUT2D eigenvalue weighted by molar-refractivity contribution is 5.46. The van der Waals surface area contributed by atoms with Crippen LogP contribution in [0.1, 0.15) is 0 Å². The lowest BCUT2D eigenvalue weighted by molar-refractivity contribution is -0.384. The average molecular weight is 261 g/mol. The first kappa shape index (κ1) is 12.6. The lowest BCUT2D eigenvalue weighted by atomic mass is 10.3. The van der Waals surface area contributed by atoms with Crippen molar-refractivity contribution in [3.8, 4) is 5.75 Å². The standard InChI is InChI=1S/C12H8FN3O3/c13-11-7-10(17)5-6-12(11)15-14-8-1-3-9(4-2-8)16(18)19/h1-7,17H. The molecule has 0 amide bonds. The second-order valence-corrected chi connectivity index (χ2v) is 3.61. The van der Waals surface area contributed by atoms with Gasteiger partial charge in [-0.15, -0.1) is 5.11 Å². The molecule has 0 aromatic heterocycles. The number of phenols is 1. The van der Waals surface area contributed by atoms with E-state index in [2.05, 4.69) is 10.2 Å². The Labute approximate surface area is 107 Å². The van der Waals surface area contributed by atoms with E-state index in [0.717, 1.165) is 6.07 Å². The van der Waals surface area contributed by atoms with Crippen molar-refractivity contribution in [1.29, 1.82) is 0 Å². The van der Waals surface area contributed by atoms with Crippen molar-refractivity contribution in [3.05, 3.63) is 58.4 Å². The van der Waals surface area contributed by atoms with Crippen LogP contribution in [0.15, 0.2) is 52.7 Å². The molecule has 0 radical (unpaired) electrons. The molecule has 0 unspecified atom stereocenters. The Morgan fingerprint density at radius 1 is 1.11 bits per heavy atom. The van der Waals surface area contributed by atoms with E-state index in [9.17, 15) is 14.5 Å². The summed E-state index contributed by atoms with van der Waals surface area (Å²) < 4.78 is 13.3. The van der Waals surface area contributed by atoms with Crippen LogP contribution in [0, 0.1) is 15.9 Å². The van der Waals surface area contributed by atoms with Crippen molar-refractivity contribution in [2.24, 2.45) is 10.2 Å². The van der Waals surface area contributed by atoms with E-state index < -0.39 is 10.7 Å². The van der Waals surface area contributed by atoms with Gasteiger partial charge in [0.2, 0.25) is 0 Å². The maximum atomic E-state index is 13.3. The predicted molar refractivity (Wildman–Crippen MR) is 65.3 cm³/mol. The van der Waals surface area contributed by atoms with Gasteiger partial charge in [-0.1, -0.05) is 0 Å². The lowest BCUT2D eigenvalue weighted by Crippen LogP contribution is -1.85. The molecule has 0 saturated carbocycles. The monoisotopic (exact) mass is 261 g/mol. The van der Waals surface area contributed by atoms with Crippen LogP contribution in [0.2, 0.25) is 0 Å². The predicted octanol–water partition coefficient (Wildman–Crippen LogP) is 3.85. The van der Waals surface area contributed by atoms with Gasteiger partial charge in [-0.3, -0.25) is 10.1 Å². The maximum Gasteiger partial charge on any atom is 0.269 e. The van der Waals surface area contributed by atoms with E-state index in [0.29, 0.717) is 5.69 Å². The molecule has 0 aliphatic rings. The number of rotatable bonds is 3. The van der Waals surface area contributed by atoms with Crippen molar-refractivity contribution in [2.75, 3.05) is 0 Å². The van der Waals surface area contributed by atoms with Gasteiger partial charge in [-0.25, -0.2) is 4.39 Å². The van der Waals surface area contributed by atoms with Crippen LogP contribution in [-0.2, 0) is 0 Å². The van der Waals surface area contributed by atoms with Gasteiger partial charge in [0.15, 0.2) is 5.82 Å². The van der Waals surface area contributed by atoms with Gasteiger partial charge in [-0.2, -0.15) is 5.11 Å². The average Bonchev–Trinajstić information content (AvgIpc) is 2.38. The first-order chi connectivity index (χ1) is 9.06. The molecule has 96 valence electrons. The topological polar surface area (TPSA) is 88.1 Å². The molecule has 19 heavy (non-hydrogen) atoms. The van der Waals surface area contributed by atoms with E-state index in [1.165, 1.54) is 36.4 Å². The zero-order valence-corrected chi connectivity index (χ0v) is 9.52. The van der Waals surface area contributed by atoms with Crippen LogP contribution in [0.3, 0.4) is 0 Å². The van der Waals surface area contributed by atoms with E-state index in [4.69, 9.17) is 5.11 Å². The number of halogens is 1. The molecular weight excluding hydrogens is 253 g/mol. The minimum Gasteiger partial charge on any atom is -0.508 e. The zero-order valence-electron chi connectivity index (χ0n) is 9.52. The van der Waals surface area contributed by atoms with E-state index in [1.807, 2.05) is 0 Å². The molecule has 2 aromatic carbocycles. The summed E-state index contributed by atoms with van der Waals surface area (Å²) in [5, 5.41) is 26.9. The highest BCUT2D eigenvalue weighted by atomic mass is 19.1. The van der Waals surface area contributed by atoms with Gasteiger partial charge in [-0.05, 0) is 24.3 Å². The summed E-state index contributed by atoms with van der Waals surface area (Å²) in [7, 11) is 0. The van der Waals surface area contributed by atoms with Crippen molar-refractivity contribution in [3.63, 3.8) is 0 Å². The number of hydrogen-bond acceptors (Lipinski definition) is 5. The van der Waals surface area contributed by atoms with Gasteiger partial charge in [0.1, 0.15) is 11.4 Å². The smallest absolute Gasteiger partial charge is 0.269 e. The third-order valence-electron chi connectivity index (χ3n) is 2.26. The van der Waals surface area contributed by atoms with Crippen LogP contribution in [0.4, 0.5) is 21.5 Å². The number of nitro benzene ring substituents is 1. The highest BCUT2D eigenvalue weighted by Gasteiger charge is 2.04. The summed E-state index contributed by atoms with van der Waals surface area (Å²) in [5.41, 5.74) is 0.268. The maximum absolute atomic E-state index is 13.3. The lowest BCUT2D eigenvalue weighted by Gasteiger charge is -1.96. The van der Waals surface area contributed by atoms with Crippen molar-refractivity contribution < 1.29 is 14.4 Å². The highest BCUT2D eigenvalue weighted by Crippen LogP contribution is 2.25. The number of phenolic OH excluding ortho intramolecular Hbond substituents is 1. The van der Waals surface area contributed by atoms with E-state index >= 15 is 0 Å². The second kappa shape index (κ2) is 5.21. The zero-order chi connectivity index (χ0) is 13.8. The van der Waals surface area contributed by atoms with E-state index in [-0.39, 0.29) is 17.1 Å². The van der Waals surface area contributed by atoms with E-state index in [1.54, 1.807) is 0 Å². The number of nitro groups is 1. The van der Waals surface area contributed by atoms with Crippen LogP contribution in [0.25, 0.3) is 0 Å². The Balaban J connectivity index is 2.20. The van der Waals surface area contributed by atoms with Gasteiger partial charge < -0.3 is 5.11 Å². The summed E-state index contributed by atoms with van der Waals surface area (Å²) in [6.45, 7) is 0. The molecule has 0 atom stereocenters. The summed E-state index contributed by atoms with van der Waals surface area (Å²) in [6.07, 6.45) is 0. The van der Waals surface area contributed by atoms with Crippen LogP contribution in [-0.4, -0.2) is 10.0 Å². The quantitative estimate of drug-likeness (QED) is 0.517. The van der Waals surface area contributed by atoms with Crippen molar-refractivity contribution >= 4 is 17.1 Å². The molecule has 6 nitrogen and oxygen atoms in total. The van der Waals surface area contributed by atoms with Crippen LogP contribution < -0.4 is 0 Å². The minimum atomic E-state index is -0.703. The number of azo groups is 1. The summed E-state index contributed by atoms with van der Waals surface area (Å²) in [6, 6.07) is 8.85. The first-order valence-electron chi connectivity index (χ1n) is 5.21. The summed E-state index contributed by atoms with van der Waals surface area (Å²) >= 11 is 0. The number of non-ortho nitro benzene ring substituents is 1. The van der Waals surface area contributed by atoms with Crippen LogP contribution in [0.5, 0.6) is 5.75 Å². The summed E-state index contributed by atoms with van der Waals surface area (Å²) in [4.78, 5) is 9.92. The Morgan fingerprint density at radius 2 is 1.79 bits per heavy atom. The second-order valence-electron chi connectivity index (χ2n) is 3.61. The molecule has 1 N–H and O–H groups in total. The largest absolute Gasteiger partial charge is 0.508 e. The van der Waals surface area contributed by atoms with Gasteiger partial charge >= 0.3 is 0 Å². The Hall–Kier alpha value is -2.83. The Morgan fingerprint density at radius 3 is 2.37 bits per heavy atom. The van der Waals surface area contributed by atoms with Gasteiger partial charge in [0, 0.05) is 18.2 Å². The molecule has 2 aromatic rings. The number of nitrogens with zero attached hydrogens (tertiary/aromatic N) is 3.